The SMILES string of the molecule is CC(C)[C@H](NC(=O)[C@@H](N)CCC(=O)C(C)(C)C)C(=O)N[C@@H](CC(=O)C(C)(C)C)C(=O)Nc1ccc2c(c1)Oc1cc(NC(=O)[C@H](CC(=O)C(C)(C)C)NC(=O)[C@@H](NC(=O)[C@@H](N)CCC(=O)C(C)(C)C)C(C)C)ccc1C21OC(=O)c2ccccc21. The first-order valence-electron chi connectivity index (χ1n) is 28.9. The summed E-state index contributed by atoms with van der Waals surface area (Å²) in [4.78, 5) is 150. The summed E-state index contributed by atoms with van der Waals surface area (Å²) in [5.74, 6) is -6.84. The van der Waals surface area contributed by atoms with Gasteiger partial charge in [-0.05, 0) is 55.0 Å². The lowest BCUT2D eigenvalue weighted by Gasteiger charge is -2.37. The molecule has 2 aliphatic heterocycles. The molecule has 0 aromatic heterocycles. The predicted octanol–water partition coefficient (Wildman–Crippen LogP) is 6.84. The third kappa shape index (κ3) is 16.8. The number of fused-ring (bicyclic) bond motifs is 6. The summed E-state index contributed by atoms with van der Waals surface area (Å²) in [6.45, 7) is 27.4. The largest absolute Gasteiger partial charge is 0.456 e. The molecule has 0 saturated heterocycles. The topological polar surface area (TPSA) is 330 Å². The zero-order valence-electron chi connectivity index (χ0n) is 52.1. The lowest BCUT2D eigenvalue weighted by atomic mass is 9.77. The third-order valence-electron chi connectivity index (χ3n) is 15.2. The van der Waals surface area contributed by atoms with Gasteiger partial charge in [0.05, 0.1) is 17.6 Å². The number of Topliss-reactive ketones (excluding diaryl/α,β-unsaturated/α-hetero) is 4. The maximum Gasteiger partial charge on any atom is 0.340 e. The molecule has 6 amide bonds. The predicted molar refractivity (Wildman–Crippen MR) is 321 cm³/mol. The van der Waals surface area contributed by atoms with E-state index in [0.717, 1.165) is 0 Å². The van der Waals surface area contributed by atoms with Crippen molar-refractivity contribution in [3.8, 4) is 11.5 Å². The standard InChI is InChI=1S/C64H88N8O13/c1-33(2)51(71-53(77)41(65)25-27-47(73)60(5,6)7)57(81)69-43(31-49(75)62(11,12)13)55(79)67-35-21-23-39-45(29-35)84-46-30-36(22-24-40(46)64(39)38-20-18-17-19-37(38)59(83)85-64)68-56(80)44(32-50(76)63(14,15)16)70-58(82)52(34(3)4)72-54(78)42(66)26-28-48(74)61(8,9)10/h17-24,29-30,33-34,41-44,51-52H,25-28,31-32,65-66H2,1-16H3,(H,67,79)(H,68,80)(H,69,81)(H,70,82)(H,71,77)(H,72,78)/t41-,42-,43-,44-,51-,52-/m0/s1. The summed E-state index contributed by atoms with van der Waals surface area (Å²) in [7, 11) is 0. The van der Waals surface area contributed by atoms with Crippen LogP contribution < -0.4 is 48.1 Å². The molecule has 3 aromatic carbocycles. The van der Waals surface area contributed by atoms with E-state index in [0.29, 0.717) is 16.7 Å². The van der Waals surface area contributed by atoms with E-state index in [-0.39, 0.29) is 77.3 Å². The van der Waals surface area contributed by atoms with Crippen LogP contribution in [-0.4, -0.2) is 101 Å². The van der Waals surface area contributed by atoms with Crippen molar-refractivity contribution < 1.29 is 62.2 Å². The minimum Gasteiger partial charge on any atom is -0.456 e. The molecule has 0 radical (unpaired) electrons. The molecule has 2 heterocycles. The Balaban J connectivity index is 1.46. The Morgan fingerprint density at radius 3 is 1.19 bits per heavy atom. The summed E-state index contributed by atoms with van der Waals surface area (Å²) in [5.41, 5.74) is 9.30. The molecule has 21 nitrogen and oxygen atoms in total. The van der Waals surface area contributed by atoms with E-state index in [9.17, 15) is 52.7 Å². The highest BCUT2D eigenvalue weighted by Gasteiger charge is 2.54. The Kier molecular flexibility index (Phi) is 21.4. The van der Waals surface area contributed by atoms with Crippen LogP contribution in [0.25, 0.3) is 0 Å². The maximum atomic E-state index is 14.4. The number of benzene rings is 3. The van der Waals surface area contributed by atoms with E-state index in [4.69, 9.17) is 20.9 Å². The van der Waals surface area contributed by atoms with E-state index in [1.54, 1.807) is 147 Å². The van der Waals surface area contributed by atoms with Gasteiger partial charge in [-0.25, -0.2) is 4.79 Å². The molecule has 21 heteroatoms. The van der Waals surface area contributed by atoms with E-state index in [1.807, 2.05) is 0 Å². The van der Waals surface area contributed by atoms with Crippen molar-refractivity contribution in [3.05, 3.63) is 82.9 Å². The van der Waals surface area contributed by atoms with Crippen LogP contribution in [-0.2, 0) is 58.3 Å². The van der Waals surface area contributed by atoms with Crippen molar-refractivity contribution >= 4 is 75.9 Å². The number of anilines is 2. The van der Waals surface area contributed by atoms with Crippen LogP contribution in [0.3, 0.4) is 0 Å². The van der Waals surface area contributed by atoms with Gasteiger partial charge in [0.2, 0.25) is 35.4 Å². The third-order valence-corrected chi connectivity index (χ3v) is 15.2. The van der Waals surface area contributed by atoms with E-state index in [1.165, 1.54) is 24.3 Å². The molecular weight excluding hydrogens is 1090 g/mol. The fourth-order valence-corrected chi connectivity index (χ4v) is 9.39. The summed E-state index contributed by atoms with van der Waals surface area (Å²) in [6, 6.07) is 8.44. The van der Waals surface area contributed by atoms with Crippen molar-refractivity contribution in [2.75, 3.05) is 10.6 Å². The molecule has 5 rings (SSSR count). The lowest BCUT2D eigenvalue weighted by molar-refractivity contribution is -0.134. The van der Waals surface area contributed by atoms with E-state index < -0.39 is 130 Å². The molecule has 10 N–H and O–H groups in total. The van der Waals surface area contributed by atoms with Crippen LogP contribution in [0.4, 0.5) is 11.4 Å². The van der Waals surface area contributed by atoms with Gasteiger partial charge in [0.15, 0.2) is 5.60 Å². The smallest absolute Gasteiger partial charge is 0.340 e. The maximum absolute atomic E-state index is 14.4. The van der Waals surface area contributed by atoms with Crippen molar-refractivity contribution in [1.82, 2.24) is 21.3 Å². The highest BCUT2D eigenvalue weighted by Crippen LogP contribution is 2.57. The second kappa shape index (κ2) is 26.7. The molecule has 2 aliphatic rings. The number of rotatable bonds is 24. The number of hydrogen-bond donors (Lipinski definition) is 8. The average molecular weight is 1180 g/mol. The van der Waals surface area contributed by atoms with Gasteiger partial charge in [0.1, 0.15) is 58.8 Å². The molecule has 0 unspecified atom stereocenters. The van der Waals surface area contributed by atoms with Gasteiger partial charge >= 0.3 is 5.97 Å². The molecule has 0 aliphatic carbocycles. The highest BCUT2D eigenvalue weighted by atomic mass is 16.6. The minimum absolute atomic E-state index is 0.0393. The molecule has 0 bridgehead atoms. The van der Waals surface area contributed by atoms with Gasteiger partial charge in [-0.15, -0.1) is 0 Å². The van der Waals surface area contributed by atoms with Gasteiger partial charge in [0, 0.05) is 87.5 Å². The van der Waals surface area contributed by atoms with Crippen molar-refractivity contribution in [1.29, 1.82) is 0 Å². The molecule has 6 atom stereocenters. The van der Waals surface area contributed by atoms with E-state index >= 15 is 0 Å². The van der Waals surface area contributed by atoms with Crippen molar-refractivity contribution in [3.63, 3.8) is 0 Å². The molecule has 0 fully saturated rings. The van der Waals surface area contributed by atoms with Crippen molar-refractivity contribution in [2.45, 2.75) is 191 Å². The second-order valence-electron chi connectivity index (χ2n) is 27.1. The Labute approximate surface area is 498 Å². The number of hydrogen-bond acceptors (Lipinski definition) is 15. The summed E-state index contributed by atoms with van der Waals surface area (Å²) < 4.78 is 12.9. The molecule has 0 saturated carbocycles. The number of amides is 6. The van der Waals surface area contributed by atoms with Gasteiger partial charge in [-0.3, -0.25) is 47.9 Å². The van der Waals surface area contributed by atoms with Gasteiger partial charge in [-0.1, -0.05) is 129 Å². The van der Waals surface area contributed by atoms with Crippen molar-refractivity contribution in [2.24, 2.45) is 45.0 Å². The summed E-state index contributed by atoms with van der Waals surface area (Å²) in [6.07, 6.45) is -0.702. The normalized spacial score (nSPS) is 15.7. The Bertz CT molecular complexity index is 2930. The van der Waals surface area contributed by atoms with Crippen LogP contribution >= 0.6 is 0 Å². The van der Waals surface area contributed by atoms with Crippen LogP contribution in [0.15, 0.2) is 60.7 Å². The van der Waals surface area contributed by atoms with E-state index in [2.05, 4.69) is 31.9 Å². The zero-order valence-corrected chi connectivity index (χ0v) is 52.1. The summed E-state index contributed by atoms with van der Waals surface area (Å²) >= 11 is 0. The highest BCUT2D eigenvalue weighted by molar-refractivity contribution is 6.04. The zero-order chi connectivity index (χ0) is 64.1. The minimum atomic E-state index is -1.63. The first-order valence-corrected chi connectivity index (χ1v) is 28.9. The second-order valence-corrected chi connectivity index (χ2v) is 27.1. The molecule has 3 aromatic rings. The molecule has 85 heavy (non-hydrogen) atoms. The number of ketones is 4. The first kappa shape index (κ1) is 68.1. The number of nitrogens with one attached hydrogen (secondary N) is 6. The van der Waals surface area contributed by atoms with Crippen LogP contribution in [0, 0.1) is 33.5 Å². The fourth-order valence-electron chi connectivity index (χ4n) is 9.39. The van der Waals surface area contributed by atoms with Gasteiger partial charge in [-0.2, -0.15) is 0 Å². The molecule has 1 spiro atoms. The quantitative estimate of drug-likeness (QED) is 0.0426. The monoisotopic (exact) mass is 1180 g/mol. The van der Waals surface area contributed by atoms with Crippen LogP contribution in [0.2, 0.25) is 0 Å². The first-order chi connectivity index (χ1) is 39.2. The number of ether oxygens (including phenoxy) is 2. The Morgan fingerprint density at radius 2 is 0.835 bits per heavy atom. The van der Waals surface area contributed by atoms with Crippen LogP contribution in [0.1, 0.15) is 176 Å². The Hall–Kier alpha value is -7.65. The molecular formula is C64H88N8O13. The number of carbonyl (C=O) groups excluding carboxylic acids is 11. The molecule has 462 valence electrons. The van der Waals surface area contributed by atoms with Gasteiger partial charge in [0.25, 0.3) is 0 Å². The van der Waals surface area contributed by atoms with Crippen LogP contribution in [0.5, 0.6) is 11.5 Å². The fraction of sp³-hybridized carbons (Fsp3) is 0.547. The Morgan fingerprint density at radius 1 is 0.471 bits per heavy atom. The number of esters is 1. The average Bonchev–Trinajstić information content (AvgIpc) is 1.70. The lowest BCUT2D eigenvalue weighted by Crippen LogP contribution is -2.57. The number of nitrogens with two attached hydrogens (primary N) is 2. The number of carbonyl (C=O) groups is 11. The summed E-state index contributed by atoms with van der Waals surface area (Å²) in [5, 5.41) is 16.3. The van der Waals surface area contributed by atoms with Gasteiger partial charge < -0.3 is 52.8 Å².